The standard InChI is InChI=1S/C20H35N3O4.HI/c1-5-7-10-27-11-8-9-22-20(21-6-2)23-15-19(24)16-12-17(25-3)14-18(13-16)26-4;/h12-14,19,24H,5-11,15H2,1-4H3,(H2,21,22,23);1H. The molecule has 0 bridgehead atoms. The van der Waals surface area contributed by atoms with Crippen LogP contribution in [-0.2, 0) is 4.74 Å². The predicted octanol–water partition coefficient (Wildman–Crippen LogP) is 3.12. The number of benzene rings is 1. The average Bonchev–Trinajstić information content (AvgIpc) is 2.70. The van der Waals surface area contributed by atoms with E-state index in [9.17, 15) is 5.11 Å². The van der Waals surface area contributed by atoms with Gasteiger partial charge in [0.05, 0.1) is 26.9 Å². The number of nitrogens with zero attached hydrogens (tertiary/aromatic N) is 1. The second-order valence-electron chi connectivity index (χ2n) is 6.13. The van der Waals surface area contributed by atoms with E-state index in [1.165, 1.54) is 0 Å². The minimum Gasteiger partial charge on any atom is -0.497 e. The van der Waals surface area contributed by atoms with Gasteiger partial charge in [0.2, 0.25) is 0 Å². The smallest absolute Gasteiger partial charge is 0.191 e. The fourth-order valence-electron chi connectivity index (χ4n) is 2.38. The molecular formula is C20H36IN3O4. The topological polar surface area (TPSA) is 84.3 Å². The van der Waals surface area contributed by atoms with Gasteiger partial charge in [0.25, 0.3) is 0 Å². The van der Waals surface area contributed by atoms with Gasteiger partial charge in [-0.25, -0.2) is 0 Å². The average molecular weight is 509 g/mol. The molecule has 0 aliphatic carbocycles. The fraction of sp³-hybridized carbons (Fsp3) is 0.650. The van der Waals surface area contributed by atoms with E-state index in [2.05, 4.69) is 22.5 Å². The summed E-state index contributed by atoms with van der Waals surface area (Å²) in [4.78, 5) is 4.47. The summed E-state index contributed by atoms with van der Waals surface area (Å²) in [6.45, 7) is 7.47. The number of rotatable bonds is 13. The van der Waals surface area contributed by atoms with E-state index >= 15 is 0 Å². The lowest BCUT2D eigenvalue weighted by molar-refractivity contribution is 0.129. The molecule has 0 aliphatic rings. The van der Waals surface area contributed by atoms with Crippen molar-refractivity contribution >= 4 is 29.9 Å². The number of aliphatic hydroxyl groups excluding tert-OH is 1. The number of methoxy groups -OCH3 is 2. The summed E-state index contributed by atoms with van der Waals surface area (Å²) in [7, 11) is 3.17. The van der Waals surface area contributed by atoms with Crippen LogP contribution in [0.1, 0.15) is 44.8 Å². The third-order valence-electron chi connectivity index (χ3n) is 3.93. The van der Waals surface area contributed by atoms with Gasteiger partial charge in [0, 0.05) is 32.4 Å². The van der Waals surface area contributed by atoms with Crippen LogP contribution < -0.4 is 20.1 Å². The molecule has 3 N–H and O–H groups in total. The van der Waals surface area contributed by atoms with E-state index in [0.29, 0.717) is 23.0 Å². The molecule has 1 atom stereocenters. The number of ether oxygens (including phenoxy) is 3. The molecule has 0 fully saturated rings. The third-order valence-corrected chi connectivity index (χ3v) is 3.93. The Bertz CT molecular complexity index is 536. The molecule has 0 saturated heterocycles. The van der Waals surface area contributed by atoms with E-state index in [-0.39, 0.29) is 30.5 Å². The summed E-state index contributed by atoms with van der Waals surface area (Å²) >= 11 is 0. The van der Waals surface area contributed by atoms with Crippen molar-refractivity contribution in [3.63, 3.8) is 0 Å². The fourth-order valence-corrected chi connectivity index (χ4v) is 2.38. The van der Waals surface area contributed by atoms with E-state index in [1.54, 1.807) is 32.4 Å². The van der Waals surface area contributed by atoms with Crippen LogP contribution >= 0.6 is 24.0 Å². The molecule has 0 radical (unpaired) electrons. The molecule has 0 aromatic heterocycles. The first-order chi connectivity index (χ1) is 13.1. The lowest BCUT2D eigenvalue weighted by atomic mass is 10.1. The van der Waals surface area contributed by atoms with Gasteiger partial charge in [0.15, 0.2) is 5.96 Å². The molecule has 28 heavy (non-hydrogen) atoms. The molecule has 8 heteroatoms. The zero-order valence-electron chi connectivity index (χ0n) is 17.5. The van der Waals surface area contributed by atoms with Crippen molar-refractivity contribution in [2.75, 3.05) is 47.1 Å². The molecule has 1 aromatic carbocycles. The third kappa shape index (κ3) is 10.9. The zero-order chi connectivity index (χ0) is 19.9. The molecule has 1 aromatic rings. The first kappa shape index (κ1) is 26.7. The summed E-state index contributed by atoms with van der Waals surface area (Å²) < 4.78 is 16.0. The largest absolute Gasteiger partial charge is 0.497 e. The maximum atomic E-state index is 10.5. The van der Waals surface area contributed by atoms with Crippen molar-refractivity contribution < 1.29 is 19.3 Å². The van der Waals surface area contributed by atoms with Gasteiger partial charge in [-0.05, 0) is 37.5 Å². The molecule has 162 valence electrons. The SMILES string of the molecule is CCCCOCCCNC(=NCC(O)c1cc(OC)cc(OC)c1)NCC.I. The molecule has 0 amide bonds. The molecule has 0 spiro atoms. The number of aliphatic hydroxyl groups is 1. The zero-order valence-corrected chi connectivity index (χ0v) is 19.8. The van der Waals surface area contributed by atoms with Gasteiger partial charge in [0.1, 0.15) is 11.5 Å². The first-order valence-corrected chi connectivity index (χ1v) is 9.65. The van der Waals surface area contributed by atoms with Crippen molar-refractivity contribution in [1.82, 2.24) is 10.6 Å². The van der Waals surface area contributed by atoms with E-state index in [0.717, 1.165) is 45.6 Å². The quantitative estimate of drug-likeness (QED) is 0.164. The maximum absolute atomic E-state index is 10.5. The van der Waals surface area contributed by atoms with E-state index < -0.39 is 6.10 Å². The Morgan fingerprint density at radius 2 is 1.68 bits per heavy atom. The molecule has 7 nitrogen and oxygen atoms in total. The Labute approximate surface area is 186 Å². The number of hydrogen-bond acceptors (Lipinski definition) is 5. The summed E-state index contributed by atoms with van der Waals surface area (Å²) in [5.74, 6) is 1.96. The molecule has 0 heterocycles. The Hall–Kier alpha value is -1.26. The number of hydrogen-bond donors (Lipinski definition) is 3. The van der Waals surface area contributed by atoms with Crippen LogP contribution in [0.4, 0.5) is 0 Å². The Balaban J connectivity index is 0.00000729. The Morgan fingerprint density at radius 1 is 1.04 bits per heavy atom. The van der Waals surface area contributed by atoms with Crippen molar-refractivity contribution in [3.05, 3.63) is 23.8 Å². The highest BCUT2D eigenvalue weighted by atomic mass is 127. The van der Waals surface area contributed by atoms with Crippen LogP contribution in [0.3, 0.4) is 0 Å². The Morgan fingerprint density at radius 3 is 2.25 bits per heavy atom. The second-order valence-corrected chi connectivity index (χ2v) is 6.13. The van der Waals surface area contributed by atoms with Crippen LogP contribution in [-0.4, -0.2) is 58.1 Å². The first-order valence-electron chi connectivity index (χ1n) is 9.65. The van der Waals surface area contributed by atoms with E-state index in [1.807, 2.05) is 6.92 Å². The highest BCUT2D eigenvalue weighted by Crippen LogP contribution is 2.26. The molecule has 1 unspecified atom stereocenters. The van der Waals surface area contributed by atoms with Gasteiger partial charge >= 0.3 is 0 Å². The van der Waals surface area contributed by atoms with Crippen LogP contribution in [0.15, 0.2) is 23.2 Å². The van der Waals surface area contributed by atoms with Crippen LogP contribution in [0.25, 0.3) is 0 Å². The highest BCUT2D eigenvalue weighted by molar-refractivity contribution is 14.0. The minimum absolute atomic E-state index is 0. The highest BCUT2D eigenvalue weighted by Gasteiger charge is 2.11. The van der Waals surface area contributed by atoms with Gasteiger partial charge in [-0.1, -0.05) is 13.3 Å². The van der Waals surface area contributed by atoms with Crippen LogP contribution in [0.2, 0.25) is 0 Å². The predicted molar refractivity (Wildman–Crippen MR) is 124 cm³/mol. The Kier molecular flexibility index (Phi) is 15.9. The summed E-state index contributed by atoms with van der Waals surface area (Å²) in [5.41, 5.74) is 0.704. The van der Waals surface area contributed by atoms with Crippen LogP contribution in [0.5, 0.6) is 11.5 Å². The van der Waals surface area contributed by atoms with Crippen molar-refractivity contribution in [1.29, 1.82) is 0 Å². The van der Waals surface area contributed by atoms with Gasteiger partial charge in [-0.3, -0.25) is 4.99 Å². The maximum Gasteiger partial charge on any atom is 0.191 e. The lowest BCUT2D eigenvalue weighted by Crippen LogP contribution is -2.38. The second kappa shape index (κ2) is 16.7. The van der Waals surface area contributed by atoms with E-state index in [4.69, 9.17) is 14.2 Å². The number of unbranched alkanes of at least 4 members (excludes halogenated alkanes) is 1. The van der Waals surface area contributed by atoms with Crippen LogP contribution in [0, 0.1) is 0 Å². The minimum atomic E-state index is -0.748. The van der Waals surface area contributed by atoms with Gasteiger partial charge in [-0.2, -0.15) is 0 Å². The summed E-state index contributed by atoms with van der Waals surface area (Å²) in [5, 5.41) is 16.9. The normalized spacial score (nSPS) is 12.1. The molecule has 0 saturated carbocycles. The molecule has 0 aliphatic heterocycles. The van der Waals surface area contributed by atoms with Gasteiger partial charge in [-0.15, -0.1) is 24.0 Å². The number of nitrogens with one attached hydrogen (secondary N) is 2. The number of halogens is 1. The summed E-state index contributed by atoms with van der Waals surface area (Å²) in [6, 6.07) is 5.35. The molecular weight excluding hydrogens is 473 g/mol. The summed E-state index contributed by atoms with van der Waals surface area (Å²) in [6.07, 6.45) is 2.41. The van der Waals surface area contributed by atoms with Crippen molar-refractivity contribution in [2.45, 2.75) is 39.2 Å². The molecule has 1 rings (SSSR count). The lowest BCUT2D eigenvalue weighted by Gasteiger charge is -2.15. The van der Waals surface area contributed by atoms with Crippen molar-refractivity contribution in [3.8, 4) is 11.5 Å². The monoisotopic (exact) mass is 509 g/mol. The van der Waals surface area contributed by atoms with Crippen molar-refractivity contribution in [2.24, 2.45) is 4.99 Å². The number of aliphatic imine (C=N–C) groups is 1. The van der Waals surface area contributed by atoms with Gasteiger partial charge < -0.3 is 30.0 Å². The number of guanidine groups is 1.